The van der Waals surface area contributed by atoms with Crippen LogP contribution < -0.4 is 10.1 Å². The van der Waals surface area contributed by atoms with E-state index in [0.29, 0.717) is 12.2 Å². The fourth-order valence-corrected chi connectivity index (χ4v) is 3.96. The minimum absolute atomic E-state index is 0.0472. The maximum absolute atomic E-state index is 12.6. The van der Waals surface area contributed by atoms with Crippen molar-refractivity contribution in [2.75, 3.05) is 12.4 Å². The minimum atomic E-state index is -0.0799. The first-order chi connectivity index (χ1) is 14.0. The molecule has 3 aromatic carbocycles. The number of hydrogen-bond donors (Lipinski definition) is 1. The van der Waals surface area contributed by atoms with Crippen molar-refractivity contribution in [3.05, 3.63) is 95.1 Å². The molecule has 0 aliphatic carbocycles. The number of amides is 1. The van der Waals surface area contributed by atoms with Crippen molar-refractivity contribution in [1.29, 1.82) is 0 Å². The molecule has 0 fully saturated rings. The van der Waals surface area contributed by atoms with E-state index in [-0.39, 0.29) is 11.9 Å². The highest BCUT2D eigenvalue weighted by Gasteiger charge is 2.13. The Morgan fingerprint density at radius 2 is 1.72 bits per heavy atom. The Morgan fingerprint density at radius 1 is 1.00 bits per heavy atom. The first-order valence-corrected chi connectivity index (χ1v) is 10.8. The number of carbonyl (C=O) groups is 1. The molecule has 4 heteroatoms. The second-order valence-electron chi connectivity index (χ2n) is 7.09. The van der Waals surface area contributed by atoms with Gasteiger partial charge < -0.3 is 10.1 Å². The summed E-state index contributed by atoms with van der Waals surface area (Å²) in [5.41, 5.74) is 4.19. The van der Waals surface area contributed by atoms with Crippen LogP contribution in [0.5, 0.6) is 5.75 Å². The average Bonchev–Trinajstić information content (AvgIpc) is 2.72. The number of ether oxygens (including phenoxy) is 1. The number of aryl methyl sites for hydroxylation is 2. The van der Waals surface area contributed by atoms with Gasteiger partial charge in [-0.15, -0.1) is 11.8 Å². The molecule has 0 spiro atoms. The van der Waals surface area contributed by atoms with E-state index < -0.39 is 0 Å². The predicted octanol–water partition coefficient (Wildman–Crippen LogP) is 5.97. The molecule has 0 radical (unpaired) electrons. The second kappa shape index (κ2) is 10.2. The summed E-state index contributed by atoms with van der Waals surface area (Å²) in [6.45, 7) is 6.78. The minimum Gasteiger partial charge on any atom is -0.493 e. The van der Waals surface area contributed by atoms with E-state index in [1.807, 2.05) is 49.4 Å². The summed E-state index contributed by atoms with van der Waals surface area (Å²) in [7, 11) is 0. The van der Waals surface area contributed by atoms with Crippen LogP contribution in [0.15, 0.2) is 77.7 Å². The molecule has 150 valence electrons. The summed E-state index contributed by atoms with van der Waals surface area (Å²) >= 11 is 1.77. The molecular weight excluding hydrogens is 378 g/mol. The van der Waals surface area contributed by atoms with Gasteiger partial charge in [0.25, 0.3) is 5.91 Å². The molecule has 0 aromatic heterocycles. The van der Waals surface area contributed by atoms with Crippen LogP contribution in [0.25, 0.3) is 0 Å². The zero-order valence-corrected chi connectivity index (χ0v) is 18.0. The summed E-state index contributed by atoms with van der Waals surface area (Å²) in [4.78, 5) is 13.8. The van der Waals surface area contributed by atoms with Gasteiger partial charge in [0.15, 0.2) is 0 Å². The monoisotopic (exact) mass is 405 g/mol. The van der Waals surface area contributed by atoms with E-state index in [1.165, 1.54) is 16.0 Å². The van der Waals surface area contributed by atoms with Gasteiger partial charge in [-0.25, -0.2) is 0 Å². The van der Waals surface area contributed by atoms with Crippen LogP contribution in [-0.2, 0) is 0 Å². The van der Waals surface area contributed by atoms with E-state index >= 15 is 0 Å². The number of rotatable bonds is 8. The van der Waals surface area contributed by atoms with Crippen molar-refractivity contribution in [3.63, 3.8) is 0 Å². The molecule has 3 nitrogen and oxygen atoms in total. The Morgan fingerprint density at radius 3 is 2.41 bits per heavy atom. The van der Waals surface area contributed by atoms with Crippen LogP contribution in [0, 0.1) is 13.8 Å². The Kier molecular flexibility index (Phi) is 7.36. The topological polar surface area (TPSA) is 38.3 Å². The molecule has 0 saturated heterocycles. The van der Waals surface area contributed by atoms with Gasteiger partial charge >= 0.3 is 0 Å². The molecule has 0 saturated carbocycles. The van der Waals surface area contributed by atoms with Crippen molar-refractivity contribution < 1.29 is 9.53 Å². The third-order valence-corrected chi connectivity index (χ3v) is 5.70. The van der Waals surface area contributed by atoms with Crippen molar-refractivity contribution >= 4 is 17.7 Å². The predicted molar refractivity (Wildman–Crippen MR) is 121 cm³/mol. The zero-order valence-electron chi connectivity index (χ0n) is 17.1. The number of carbonyl (C=O) groups excluding carboxylic acids is 1. The smallest absolute Gasteiger partial charge is 0.251 e. The molecule has 0 bridgehead atoms. The highest BCUT2D eigenvalue weighted by Crippen LogP contribution is 2.20. The lowest BCUT2D eigenvalue weighted by Gasteiger charge is -2.17. The van der Waals surface area contributed by atoms with Crippen LogP contribution in [0.3, 0.4) is 0 Å². The van der Waals surface area contributed by atoms with E-state index in [0.717, 1.165) is 17.1 Å². The Hall–Kier alpha value is -2.72. The van der Waals surface area contributed by atoms with Crippen LogP contribution >= 0.6 is 11.8 Å². The molecule has 29 heavy (non-hydrogen) atoms. The summed E-state index contributed by atoms with van der Waals surface area (Å²) in [5, 5.41) is 3.08. The standard InChI is InChI=1S/C25H27NO2S/c1-18-9-14-24(19(2)17-18)20(3)26-25(27)21-10-12-22(13-11-21)28-15-16-29-23-7-5-4-6-8-23/h4-14,17,20H,15-16H2,1-3H3,(H,26,27)/t20-/m0/s1. The molecule has 3 rings (SSSR count). The van der Waals surface area contributed by atoms with Crippen LogP contribution in [0.1, 0.15) is 40.0 Å². The van der Waals surface area contributed by atoms with Gasteiger partial charge in [0, 0.05) is 16.2 Å². The molecular formula is C25H27NO2S. The van der Waals surface area contributed by atoms with Crippen LogP contribution in [0.4, 0.5) is 0 Å². The third kappa shape index (κ3) is 6.13. The number of hydrogen-bond acceptors (Lipinski definition) is 3. The summed E-state index contributed by atoms with van der Waals surface area (Å²) < 4.78 is 5.79. The number of thioether (sulfide) groups is 1. The Labute approximate surface area is 177 Å². The highest BCUT2D eigenvalue weighted by atomic mass is 32.2. The lowest BCUT2D eigenvalue weighted by Crippen LogP contribution is -2.27. The molecule has 0 unspecified atom stereocenters. The fourth-order valence-electron chi connectivity index (χ4n) is 3.21. The summed E-state index contributed by atoms with van der Waals surface area (Å²) in [6, 6.07) is 23.8. The molecule has 3 aromatic rings. The van der Waals surface area contributed by atoms with Crippen molar-refractivity contribution in [1.82, 2.24) is 5.32 Å². The van der Waals surface area contributed by atoms with E-state index in [2.05, 4.69) is 49.5 Å². The molecule has 0 heterocycles. The fraction of sp³-hybridized carbons (Fsp3) is 0.240. The molecule has 0 aliphatic heterocycles. The van der Waals surface area contributed by atoms with Gasteiger partial charge in [0.1, 0.15) is 5.75 Å². The van der Waals surface area contributed by atoms with E-state index in [4.69, 9.17) is 4.74 Å². The van der Waals surface area contributed by atoms with Crippen molar-refractivity contribution in [3.8, 4) is 5.75 Å². The van der Waals surface area contributed by atoms with Gasteiger partial charge in [0.2, 0.25) is 0 Å². The van der Waals surface area contributed by atoms with Gasteiger partial charge in [-0.3, -0.25) is 4.79 Å². The van der Waals surface area contributed by atoms with Crippen LogP contribution in [0.2, 0.25) is 0 Å². The highest BCUT2D eigenvalue weighted by molar-refractivity contribution is 7.99. The first-order valence-electron chi connectivity index (χ1n) is 9.81. The van der Waals surface area contributed by atoms with E-state index in [1.54, 1.807) is 11.8 Å². The normalized spacial score (nSPS) is 11.7. The second-order valence-corrected chi connectivity index (χ2v) is 8.26. The van der Waals surface area contributed by atoms with Crippen molar-refractivity contribution in [2.24, 2.45) is 0 Å². The largest absolute Gasteiger partial charge is 0.493 e. The zero-order chi connectivity index (χ0) is 20.6. The van der Waals surface area contributed by atoms with Gasteiger partial charge in [0.05, 0.1) is 12.6 Å². The molecule has 1 amide bonds. The quantitative estimate of drug-likeness (QED) is 0.371. The van der Waals surface area contributed by atoms with Gasteiger partial charge in [-0.1, -0.05) is 42.0 Å². The molecule has 1 atom stereocenters. The SMILES string of the molecule is Cc1ccc([C@H](C)NC(=O)c2ccc(OCCSc3ccccc3)cc2)c(C)c1. The Balaban J connectivity index is 1.49. The molecule has 1 N–H and O–H groups in total. The average molecular weight is 406 g/mol. The Bertz CT molecular complexity index is 939. The molecule has 0 aliphatic rings. The van der Waals surface area contributed by atoms with Crippen molar-refractivity contribution in [2.45, 2.75) is 31.7 Å². The van der Waals surface area contributed by atoms with E-state index in [9.17, 15) is 4.79 Å². The third-order valence-electron chi connectivity index (χ3n) is 4.72. The maximum atomic E-state index is 12.6. The number of nitrogens with one attached hydrogen (secondary N) is 1. The van der Waals surface area contributed by atoms with Gasteiger partial charge in [-0.05, 0) is 68.3 Å². The maximum Gasteiger partial charge on any atom is 0.251 e. The van der Waals surface area contributed by atoms with Crippen LogP contribution in [-0.4, -0.2) is 18.3 Å². The van der Waals surface area contributed by atoms with Gasteiger partial charge in [-0.2, -0.15) is 0 Å². The lowest BCUT2D eigenvalue weighted by molar-refractivity contribution is 0.0940. The lowest BCUT2D eigenvalue weighted by atomic mass is 10.00. The summed E-state index contributed by atoms with van der Waals surface area (Å²) in [5.74, 6) is 1.57. The number of benzene rings is 3. The summed E-state index contributed by atoms with van der Waals surface area (Å²) in [6.07, 6.45) is 0. The first kappa shape index (κ1) is 21.0.